The molecule has 1 aromatic rings. The van der Waals surface area contributed by atoms with Crippen molar-refractivity contribution in [3.63, 3.8) is 0 Å². The summed E-state index contributed by atoms with van der Waals surface area (Å²) < 4.78 is 0. The minimum absolute atomic E-state index is 0.0719. The van der Waals surface area contributed by atoms with E-state index in [9.17, 15) is 9.59 Å². The molecule has 142 valence electrons. The molecule has 0 bridgehead atoms. The highest BCUT2D eigenvalue weighted by Gasteiger charge is 2.31. The fourth-order valence-corrected chi connectivity index (χ4v) is 4.09. The van der Waals surface area contributed by atoms with E-state index >= 15 is 0 Å². The normalized spacial score (nSPS) is 26.2. The van der Waals surface area contributed by atoms with Crippen LogP contribution in [-0.4, -0.2) is 36.0 Å². The maximum absolute atomic E-state index is 12.7. The Kier molecular flexibility index (Phi) is 6.53. The van der Waals surface area contributed by atoms with Gasteiger partial charge in [0.15, 0.2) is 0 Å². The van der Waals surface area contributed by atoms with Crippen molar-refractivity contribution in [3.05, 3.63) is 35.9 Å². The van der Waals surface area contributed by atoms with E-state index in [2.05, 4.69) is 17.6 Å². The molecule has 26 heavy (non-hydrogen) atoms. The van der Waals surface area contributed by atoms with Crippen molar-refractivity contribution in [2.75, 3.05) is 13.1 Å². The van der Waals surface area contributed by atoms with E-state index < -0.39 is 0 Å². The molecule has 5 nitrogen and oxygen atoms in total. The molecule has 1 aromatic carbocycles. The largest absolute Gasteiger partial charge is 0.353 e. The van der Waals surface area contributed by atoms with Crippen LogP contribution in [0.25, 0.3) is 0 Å². The van der Waals surface area contributed by atoms with Crippen LogP contribution in [0.4, 0.5) is 4.79 Å². The Morgan fingerprint density at radius 1 is 1.08 bits per heavy atom. The van der Waals surface area contributed by atoms with Crippen LogP contribution in [0.2, 0.25) is 0 Å². The van der Waals surface area contributed by atoms with Gasteiger partial charge in [0.25, 0.3) is 0 Å². The van der Waals surface area contributed by atoms with Gasteiger partial charge in [0.05, 0.1) is 5.92 Å². The first-order chi connectivity index (χ1) is 12.6. The van der Waals surface area contributed by atoms with E-state index in [4.69, 9.17) is 0 Å². The van der Waals surface area contributed by atoms with Crippen molar-refractivity contribution in [1.82, 2.24) is 15.5 Å². The first kappa shape index (κ1) is 18.7. The fourth-order valence-electron chi connectivity index (χ4n) is 4.09. The molecule has 5 heteroatoms. The SMILES string of the molecule is C[C@@H]1CCCC[C@@H]1NC(=O)[C@@H]1CCCN(C(=O)NCc2ccccc2)C1. The summed E-state index contributed by atoms with van der Waals surface area (Å²) in [5, 5.41) is 6.23. The van der Waals surface area contributed by atoms with E-state index in [0.717, 1.165) is 31.4 Å². The Hall–Kier alpha value is -2.04. The molecule has 1 aliphatic heterocycles. The maximum atomic E-state index is 12.7. The minimum atomic E-state index is -0.0830. The highest BCUT2D eigenvalue weighted by Crippen LogP contribution is 2.25. The van der Waals surface area contributed by atoms with Crippen LogP contribution in [0.15, 0.2) is 30.3 Å². The number of nitrogens with zero attached hydrogens (tertiary/aromatic N) is 1. The molecule has 1 heterocycles. The van der Waals surface area contributed by atoms with Gasteiger partial charge in [-0.3, -0.25) is 4.79 Å². The number of urea groups is 1. The van der Waals surface area contributed by atoms with Crippen LogP contribution in [-0.2, 0) is 11.3 Å². The zero-order valence-corrected chi connectivity index (χ0v) is 15.7. The second-order valence-electron chi connectivity index (χ2n) is 7.81. The lowest BCUT2D eigenvalue weighted by Crippen LogP contribution is -2.51. The molecule has 3 atom stereocenters. The molecule has 0 aromatic heterocycles. The summed E-state index contributed by atoms with van der Waals surface area (Å²) in [7, 11) is 0. The lowest BCUT2D eigenvalue weighted by atomic mass is 9.85. The van der Waals surface area contributed by atoms with Crippen molar-refractivity contribution in [2.24, 2.45) is 11.8 Å². The van der Waals surface area contributed by atoms with Gasteiger partial charge in [-0.05, 0) is 37.2 Å². The van der Waals surface area contributed by atoms with Crippen LogP contribution in [0.3, 0.4) is 0 Å². The van der Waals surface area contributed by atoms with Gasteiger partial charge in [-0.2, -0.15) is 0 Å². The van der Waals surface area contributed by atoms with Crippen LogP contribution in [0, 0.1) is 11.8 Å². The number of nitrogens with one attached hydrogen (secondary N) is 2. The van der Waals surface area contributed by atoms with Crippen molar-refractivity contribution in [1.29, 1.82) is 0 Å². The summed E-state index contributed by atoms with van der Waals surface area (Å²) >= 11 is 0. The van der Waals surface area contributed by atoms with E-state index in [-0.39, 0.29) is 17.9 Å². The summed E-state index contributed by atoms with van der Waals surface area (Å²) in [5.41, 5.74) is 1.08. The van der Waals surface area contributed by atoms with Crippen LogP contribution >= 0.6 is 0 Å². The van der Waals surface area contributed by atoms with Gasteiger partial charge in [0, 0.05) is 25.7 Å². The molecule has 0 unspecified atom stereocenters. The summed E-state index contributed by atoms with van der Waals surface area (Å²) in [6, 6.07) is 10.1. The fraction of sp³-hybridized carbons (Fsp3) is 0.619. The molecule has 3 rings (SSSR count). The molecule has 0 spiro atoms. The molecular formula is C21H31N3O2. The molecule has 0 radical (unpaired) electrons. The number of amides is 3. The van der Waals surface area contributed by atoms with E-state index in [1.54, 1.807) is 4.90 Å². The van der Waals surface area contributed by atoms with Crippen molar-refractivity contribution in [2.45, 2.75) is 58.0 Å². The summed E-state index contributed by atoms with van der Waals surface area (Å²) in [6.45, 7) is 4.00. The highest BCUT2D eigenvalue weighted by molar-refractivity contribution is 5.81. The lowest BCUT2D eigenvalue weighted by molar-refractivity contribution is -0.127. The number of rotatable bonds is 4. The summed E-state index contributed by atoms with van der Waals surface area (Å²) in [6.07, 6.45) is 6.51. The second kappa shape index (κ2) is 9.06. The topological polar surface area (TPSA) is 61.4 Å². The molecule has 3 amide bonds. The Balaban J connectivity index is 1.48. The first-order valence-corrected chi connectivity index (χ1v) is 10.0. The average Bonchev–Trinajstić information content (AvgIpc) is 2.69. The number of hydrogen-bond acceptors (Lipinski definition) is 2. The number of hydrogen-bond donors (Lipinski definition) is 2. The monoisotopic (exact) mass is 357 g/mol. The second-order valence-corrected chi connectivity index (χ2v) is 7.81. The predicted octanol–water partition coefficient (Wildman–Crippen LogP) is 3.30. The standard InChI is InChI=1S/C21H31N3O2/c1-16-8-5-6-12-19(16)23-20(25)18-11-7-13-24(15-18)21(26)22-14-17-9-3-2-4-10-17/h2-4,9-10,16,18-19H,5-8,11-15H2,1H3,(H,22,26)(H,23,25)/t16-,18-,19+/m1/s1. The molecule has 1 aliphatic carbocycles. The number of carbonyl (C=O) groups is 2. The van der Waals surface area contributed by atoms with Gasteiger partial charge in [-0.25, -0.2) is 4.79 Å². The molecule has 2 aliphatic rings. The van der Waals surface area contributed by atoms with Crippen molar-refractivity contribution >= 4 is 11.9 Å². The third kappa shape index (κ3) is 4.99. The number of carbonyl (C=O) groups excluding carboxylic acids is 2. The van der Waals surface area contributed by atoms with E-state index in [0.29, 0.717) is 25.0 Å². The molecule has 2 N–H and O–H groups in total. The van der Waals surface area contributed by atoms with Crippen molar-refractivity contribution < 1.29 is 9.59 Å². The third-order valence-electron chi connectivity index (χ3n) is 5.81. The van der Waals surface area contributed by atoms with Crippen LogP contribution in [0.1, 0.15) is 51.0 Å². The van der Waals surface area contributed by atoms with Gasteiger partial charge in [-0.15, -0.1) is 0 Å². The van der Waals surface area contributed by atoms with Crippen LogP contribution in [0.5, 0.6) is 0 Å². The van der Waals surface area contributed by atoms with Crippen LogP contribution < -0.4 is 10.6 Å². The van der Waals surface area contributed by atoms with E-state index in [1.165, 1.54) is 19.3 Å². The first-order valence-electron chi connectivity index (χ1n) is 10.0. The van der Waals surface area contributed by atoms with Gasteiger partial charge in [0.1, 0.15) is 0 Å². The van der Waals surface area contributed by atoms with Crippen molar-refractivity contribution in [3.8, 4) is 0 Å². The molecule has 1 saturated heterocycles. The highest BCUT2D eigenvalue weighted by atomic mass is 16.2. The Morgan fingerprint density at radius 3 is 2.62 bits per heavy atom. The van der Waals surface area contributed by atoms with Gasteiger partial charge >= 0.3 is 6.03 Å². The quantitative estimate of drug-likeness (QED) is 0.868. The smallest absolute Gasteiger partial charge is 0.317 e. The van der Waals surface area contributed by atoms with Gasteiger partial charge in [0.2, 0.25) is 5.91 Å². The number of piperidine rings is 1. The van der Waals surface area contributed by atoms with E-state index in [1.807, 2.05) is 30.3 Å². The average molecular weight is 357 g/mol. The lowest BCUT2D eigenvalue weighted by Gasteiger charge is -2.35. The Morgan fingerprint density at radius 2 is 1.85 bits per heavy atom. The van der Waals surface area contributed by atoms with Gasteiger partial charge in [-0.1, -0.05) is 50.1 Å². The summed E-state index contributed by atoms with van der Waals surface area (Å²) in [4.78, 5) is 26.9. The number of benzene rings is 1. The van der Waals surface area contributed by atoms with Gasteiger partial charge < -0.3 is 15.5 Å². The molecular weight excluding hydrogens is 326 g/mol. The minimum Gasteiger partial charge on any atom is -0.353 e. The Bertz CT molecular complexity index is 605. The zero-order chi connectivity index (χ0) is 18.4. The number of likely N-dealkylation sites (tertiary alicyclic amines) is 1. The summed E-state index contributed by atoms with van der Waals surface area (Å²) in [5.74, 6) is 0.603. The maximum Gasteiger partial charge on any atom is 0.317 e. The third-order valence-corrected chi connectivity index (χ3v) is 5.81. The molecule has 2 fully saturated rings. The Labute approximate surface area is 156 Å². The predicted molar refractivity (Wildman–Crippen MR) is 103 cm³/mol. The molecule has 1 saturated carbocycles. The zero-order valence-electron chi connectivity index (χ0n) is 15.7.